The molecule has 202 valence electrons. The number of aliphatic hydroxyl groups is 1. The predicted molar refractivity (Wildman–Crippen MR) is 154 cm³/mol. The monoisotopic (exact) mass is 524 g/mol. The minimum atomic E-state index is -0.954. The third-order valence-electron chi connectivity index (χ3n) is 8.60. The molecule has 5 rings (SSSR count). The Morgan fingerprint density at radius 3 is 1.78 bits per heavy atom. The van der Waals surface area contributed by atoms with E-state index in [2.05, 4.69) is 45.0 Å². The van der Waals surface area contributed by atoms with Gasteiger partial charge in [-0.3, -0.25) is 0 Å². The first-order valence-electron chi connectivity index (χ1n) is 14.2. The maximum absolute atomic E-state index is 11.2. The maximum Gasteiger partial charge on any atom is 0.150 e. The Bertz CT molecular complexity index is 1090. The molecule has 2 fully saturated rings. The van der Waals surface area contributed by atoms with Crippen molar-refractivity contribution in [1.29, 1.82) is 0 Å². The van der Waals surface area contributed by atoms with Crippen LogP contribution in [0.2, 0.25) is 0 Å². The molecule has 37 heavy (non-hydrogen) atoms. The van der Waals surface area contributed by atoms with Crippen molar-refractivity contribution in [2.45, 2.75) is 114 Å². The average Bonchev–Trinajstić information content (AvgIpc) is 3.61. The van der Waals surface area contributed by atoms with E-state index in [9.17, 15) is 5.11 Å². The van der Waals surface area contributed by atoms with Gasteiger partial charge in [0.2, 0.25) is 0 Å². The topological polar surface area (TPSA) is 47.9 Å². The summed E-state index contributed by atoms with van der Waals surface area (Å²) in [5.41, 5.74) is 3.99. The fourth-order valence-electron chi connectivity index (χ4n) is 6.96. The Labute approximate surface area is 224 Å². The van der Waals surface area contributed by atoms with Gasteiger partial charge < -0.3 is 19.3 Å². The minimum absolute atomic E-state index is 0.0564. The summed E-state index contributed by atoms with van der Waals surface area (Å²) in [6, 6.07) is 8.84. The largest absolute Gasteiger partial charge is 0.496 e. The van der Waals surface area contributed by atoms with Gasteiger partial charge in [-0.1, -0.05) is 58.6 Å². The van der Waals surface area contributed by atoms with Crippen molar-refractivity contribution in [3.63, 3.8) is 0 Å². The van der Waals surface area contributed by atoms with Crippen LogP contribution in [0.15, 0.2) is 24.3 Å². The normalized spacial score (nSPS) is 22.8. The van der Waals surface area contributed by atoms with Crippen LogP contribution in [0.3, 0.4) is 0 Å². The van der Waals surface area contributed by atoms with Crippen molar-refractivity contribution < 1.29 is 19.3 Å². The van der Waals surface area contributed by atoms with Crippen LogP contribution in [0.5, 0.6) is 17.2 Å². The van der Waals surface area contributed by atoms with Gasteiger partial charge in [0.1, 0.15) is 28.7 Å². The second-order valence-electron chi connectivity index (χ2n) is 12.8. The molecule has 0 saturated heterocycles. The van der Waals surface area contributed by atoms with Crippen LogP contribution in [-0.2, 0) is 0 Å². The summed E-state index contributed by atoms with van der Waals surface area (Å²) >= 11 is 0. The highest BCUT2D eigenvalue weighted by atomic mass is 31.1. The van der Waals surface area contributed by atoms with E-state index < -0.39 is 13.5 Å². The number of fused-ring (bicyclic) bond motifs is 1. The SMILES string of the molecule is COc1c(C2CCCC2)cc(C2CCCC2)c(OC)c1-c1cccc2c1P(C(C)(C)C)[C@H](C(C)(C)O)O2. The molecule has 1 N–H and O–H groups in total. The standard InChI is InChI=1S/C32H45O4P/c1-31(2,3)37-29-22(17-12-18-25(29)36-30(37)32(4,5)33)26-27(34-6)23(20-13-8-9-14-20)19-24(28(26)35-7)21-15-10-11-16-21/h12,17-21,30,33H,8-11,13-16H2,1-7H3/t30-,37?/m1/s1. The zero-order valence-electron chi connectivity index (χ0n) is 23.8. The van der Waals surface area contributed by atoms with Crippen LogP contribution in [0.4, 0.5) is 0 Å². The van der Waals surface area contributed by atoms with E-state index in [1.54, 1.807) is 0 Å². The lowest BCUT2D eigenvalue weighted by atomic mass is 9.85. The smallest absolute Gasteiger partial charge is 0.150 e. The summed E-state index contributed by atoms with van der Waals surface area (Å²) in [7, 11) is 2.78. The zero-order chi connectivity index (χ0) is 26.5. The minimum Gasteiger partial charge on any atom is -0.496 e. The molecule has 0 amide bonds. The summed E-state index contributed by atoms with van der Waals surface area (Å²) in [5, 5.41) is 12.4. The van der Waals surface area contributed by atoms with E-state index in [-0.39, 0.29) is 11.0 Å². The quantitative estimate of drug-likeness (QED) is 0.388. The van der Waals surface area contributed by atoms with Crippen LogP contribution in [-0.4, -0.2) is 35.9 Å². The lowest BCUT2D eigenvalue weighted by molar-refractivity contribution is 0.0103. The van der Waals surface area contributed by atoms with Gasteiger partial charge in [-0.05, 0) is 87.7 Å². The third kappa shape index (κ3) is 4.78. The summed E-state index contributed by atoms with van der Waals surface area (Å²) in [5.74, 6) is 3.61. The molecule has 2 saturated carbocycles. The molecule has 5 heteroatoms. The van der Waals surface area contributed by atoms with Gasteiger partial charge in [-0.15, -0.1) is 0 Å². The number of benzene rings is 2. The number of ether oxygens (including phenoxy) is 3. The van der Waals surface area contributed by atoms with E-state index in [4.69, 9.17) is 14.2 Å². The van der Waals surface area contributed by atoms with Crippen molar-refractivity contribution in [3.8, 4) is 28.4 Å². The molecule has 4 nitrogen and oxygen atoms in total. The molecule has 1 aliphatic heterocycles. The van der Waals surface area contributed by atoms with E-state index in [0.29, 0.717) is 11.8 Å². The highest BCUT2D eigenvalue weighted by Gasteiger charge is 2.49. The Kier molecular flexibility index (Phi) is 7.31. The van der Waals surface area contributed by atoms with Gasteiger partial charge in [0.05, 0.1) is 19.8 Å². The van der Waals surface area contributed by atoms with Crippen molar-refractivity contribution in [3.05, 3.63) is 35.4 Å². The third-order valence-corrected chi connectivity index (χ3v) is 12.2. The van der Waals surface area contributed by atoms with E-state index >= 15 is 0 Å². The van der Waals surface area contributed by atoms with Crippen LogP contribution < -0.4 is 19.5 Å². The Balaban J connectivity index is 1.81. The molecule has 0 aromatic heterocycles. The van der Waals surface area contributed by atoms with Crippen molar-refractivity contribution in [2.24, 2.45) is 0 Å². The van der Waals surface area contributed by atoms with E-state index in [1.165, 1.54) is 67.8 Å². The Morgan fingerprint density at radius 2 is 1.35 bits per heavy atom. The van der Waals surface area contributed by atoms with E-state index in [1.807, 2.05) is 28.1 Å². The molecule has 2 atom stereocenters. The fourth-order valence-corrected chi connectivity index (χ4v) is 10.2. The van der Waals surface area contributed by atoms with Crippen LogP contribution >= 0.6 is 7.92 Å². The number of rotatable bonds is 6. The van der Waals surface area contributed by atoms with Crippen molar-refractivity contribution in [2.75, 3.05) is 14.2 Å². The average molecular weight is 525 g/mol. The molecule has 0 bridgehead atoms. The molecule has 3 aliphatic rings. The van der Waals surface area contributed by atoms with E-state index in [0.717, 1.165) is 28.4 Å². The van der Waals surface area contributed by atoms with Crippen molar-refractivity contribution >= 4 is 13.2 Å². The highest BCUT2D eigenvalue weighted by molar-refractivity contribution is 7.68. The van der Waals surface area contributed by atoms with Gasteiger partial charge in [0.25, 0.3) is 0 Å². The lowest BCUT2D eigenvalue weighted by Gasteiger charge is -2.38. The Morgan fingerprint density at radius 1 is 0.838 bits per heavy atom. The first-order chi connectivity index (χ1) is 17.6. The van der Waals surface area contributed by atoms with Crippen LogP contribution in [0.1, 0.15) is 109 Å². The maximum atomic E-state index is 11.2. The molecule has 2 aliphatic carbocycles. The molecule has 0 spiro atoms. The highest BCUT2D eigenvalue weighted by Crippen LogP contribution is 2.63. The van der Waals surface area contributed by atoms with Crippen LogP contribution in [0.25, 0.3) is 11.1 Å². The molecule has 0 radical (unpaired) electrons. The Hall–Kier alpha value is -1.77. The molecule has 1 heterocycles. The molecular formula is C32H45O4P. The molecular weight excluding hydrogens is 479 g/mol. The molecule has 1 unspecified atom stereocenters. The van der Waals surface area contributed by atoms with Gasteiger partial charge in [-0.2, -0.15) is 0 Å². The molecule has 2 aromatic rings. The number of hydrogen-bond acceptors (Lipinski definition) is 4. The fraction of sp³-hybridized carbons (Fsp3) is 0.625. The predicted octanol–water partition coefficient (Wildman–Crippen LogP) is 8.08. The number of hydrogen-bond donors (Lipinski definition) is 1. The second-order valence-corrected chi connectivity index (χ2v) is 15.8. The summed E-state index contributed by atoms with van der Waals surface area (Å²) < 4.78 is 19.2. The first-order valence-corrected chi connectivity index (χ1v) is 15.6. The van der Waals surface area contributed by atoms with Gasteiger partial charge >= 0.3 is 0 Å². The second kappa shape index (κ2) is 10.1. The lowest BCUT2D eigenvalue weighted by Crippen LogP contribution is -2.40. The van der Waals surface area contributed by atoms with Gasteiger partial charge in [0, 0.05) is 10.9 Å². The molecule has 2 aromatic carbocycles. The summed E-state index contributed by atoms with van der Waals surface area (Å²) in [6.07, 6.45) is 10.0. The first kappa shape index (κ1) is 26.8. The number of methoxy groups -OCH3 is 2. The zero-order valence-corrected chi connectivity index (χ0v) is 24.7. The van der Waals surface area contributed by atoms with Gasteiger partial charge in [-0.25, -0.2) is 0 Å². The summed E-state index contributed by atoms with van der Waals surface area (Å²) in [6.45, 7) is 10.6. The van der Waals surface area contributed by atoms with Gasteiger partial charge in [0.15, 0.2) is 0 Å². The summed E-state index contributed by atoms with van der Waals surface area (Å²) in [4.78, 5) is 0. The van der Waals surface area contributed by atoms with Crippen molar-refractivity contribution in [1.82, 2.24) is 0 Å². The van der Waals surface area contributed by atoms with Crippen LogP contribution in [0, 0.1) is 0 Å².